The highest BCUT2D eigenvalue weighted by Gasteiger charge is 2.04. The highest BCUT2D eigenvalue weighted by molar-refractivity contribution is 6.32. The largest absolute Gasteiger partial charge is 0.322 e. The van der Waals surface area contributed by atoms with E-state index in [4.69, 9.17) is 11.6 Å². The van der Waals surface area contributed by atoms with Crippen LogP contribution in [0.4, 0.5) is 10.1 Å². The zero-order valence-electron chi connectivity index (χ0n) is 9.86. The molecule has 2 rings (SSSR count). The molecule has 2 aromatic rings. The predicted molar refractivity (Wildman–Crippen MR) is 72.1 cm³/mol. The zero-order chi connectivity index (χ0) is 13.7. The monoisotopic (exact) mass is 277 g/mol. The topological polar surface area (TPSA) is 43.2 Å². The molecule has 1 aromatic heterocycles. The van der Waals surface area contributed by atoms with Crippen LogP contribution in [0.15, 0.2) is 48.8 Å². The summed E-state index contributed by atoms with van der Waals surface area (Å²) in [5, 5.41) is 2.90. The molecule has 1 heterocycles. The molecule has 1 amide bonds. The molecule has 0 atom stereocenters. The Morgan fingerprint density at radius 2 is 2.00 bits per heavy atom. The van der Waals surface area contributed by atoms with Gasteiger partial charge in [0, 0.05) is 23.8 Å². The van der Waals surface area contributed by atoms with Crippen molar-refractivity contribution < 1.29 is 14.2 Å². The SMILES string of the molecule is O=C(C=Cc1c(F)cccc1Cl)Nc1cc[nH+]cc1. The first-order valence-corrected chi connectivity index (χ1v) is 5.94. The fourth-order valence-electron chi connectivity index (χ4n) is 1.48. The van der Waals surface area contributed by atoms with Gasteiger partial charge >= 0.3 is 0 Å². The average Bonchev–Trinajstić information content (AvgIpc) is 2.39. The summed E-state index contributed by atoms with van der Waals surface area (Å²) in [6.45, 7) is 0. The third-order valence-electron chi connectivity index (χ3n) is 2.39. The van der Waals surface area contributed by atoms with Gasteiger partial charge in [0.05, 0.1) is 10.7 Å². The first kappa shape index (κ1) is 13.2. The molecule has 5 heteroatoms. The van der Waals surface area contributed by atoms with Crippen molar-refractivity contribution in [2.24, 2.45) is 0 Å². The lowest BCUT2D eigenvalue weighted by Crippen LogP contribution is -2.09. The predicted octanol–water partition coefficient (Wildman–Crippen LogP) is 2.95. The van der Waals surface area contributed by atoms with Gasteiger partial charge in [0.1, 0.15) is 5.82 Å². The van der Waals surface area contributed by atoms with E-state index in [1.807, 2.05) is 0 Å². The van der Waals surface area contributed by atoms with Gasteiger partial charge in [0.25, 0.3) is 0 Å². The summed E-state index contributed by atoms with van der Waals surface area (Å²) < 4.78 is 13.5. The maximum Gasteiger partial charge on any atom is 0.248 e. The summed E-state index contributed by atoms with van der Waals surface area (Å²) in [7, 11) is 0. The second-order valence-corrected chi connectivity index (χ2v) is 4.15. The molecule has 2 N–H and O–H groups in total. The molecular weight excluding hydrogens is 267 g/mol. The Morgan fingerprint density at radius 3 is 2.68 bits per heavy atom. The summed E-state index contributed by atoms with van der Waals surface area (Å²) in [5.41, 5.74) is 0.841. The quantitative estimate of drug-likeness (QED) is 0.861. The van der Waals surface area contributed by atoms with Gasteiger partial charge in [-0.3, -0.25) is 4.79 Å². The lowest BCUT2D eigenvalue weighted by Gasteiger charge is -2.01. The molecule has 0 saturated heterocycles. The molecule has 0 aliphatic heterocycles. The maximum absolute atomic E-state index is 13.5. The van der Waals surface area contributed by atoms with Gasteiger partial charge in [-0.15, -0.1) is 0 Å². The van der Waals surface area contributed by atoms with Crippen molar-refractivity contribution in [3.05, 3.63) is 65.2 Å². The minimum atomic E-state index is -0.467. The number of H-pyrrole nitrogens is 1. The highest BCUT2D eigenvalue weighted by atomic mass is 35.5. The molecule has 3 nitrogen and oxygen atoms in total. The highest BCUT2D eigenvalue weighted by Crippen LogP contribution is 2.20. The number of pyridine rings is 1. The van der Waals surface area contributed by atoms with Crippen LogP contribution in [0.3, 0.4) is 0 Å². The van der Waals surface area contributed by atoms with Gasteiger partial charge in [0.15, 0.2) is 12.4 Å². The van der Waals surface area contributed by atoms with Gasteiger partial charge in [0.2, 0.25) is 5.91 Å². The van der Waals surface area contributed by atoms with Crippen LogP contribution in [-0.4, -0.2) is 5.91 Å². The molecular formula is C14H11ClFN2O+. The summed E-state index contributed by atoms with van der Waals surface area (Å²) in [4.78, 5) is 14.5. The van der Waals surface area contributed by atoms with E-state index in [9.17, 15) is 9.18 Å². The van der Waals surface area contributed by atoms with Crippen molar-refractivity contribution in [2.75, 3.05) is 5.32 Å². The summed E-state index contributed by atoms with van der Waals surface area (Å²) in [6.07, 6.45) is 5.96. The number of amides is 1. The lowest BCUT2D eigenvalue weighted by atomic mass is 10.2. The van der Waals surface area contributed by atoms with E-state index in [-0.39, 0.29) is 16.5 Å². The third-order valence-corrected chi connectivity index (χ3v) is 2.72. The Bertz CT molecular complexity index is 594. The van der Waals surface area contributed by atoms with Crippen LogP contribution in [-0.2, 0) is 4.79 Å². The molecule has 19 heavy (non-hydrogen) atoms. The Labute approximate surface area is 114 Å². The number of aromatic nitrogens is 1. The maximum atomic E-state index is 13.5. The molecule has 0 bridgehead atoms. The number of aromatic amines is 1. The van der Waals surface area contributed by atoms with Gasteiger partial charge < -0.3 is 5.32 Å². The first-order chi connectivity index (χ1) is 9.16. The Balaban J connectivity index is 2.09. The molecule has 96 valence electrons. The standard InChI is InChI=1S/C14H10ClFN2O/c15-12-2-1-3-13(16)11(12)4-5-14(19)18-10-6-8-17-9-7-10/h1-9H,(H,17,18,19)/p+1. The number of hydrogen-bond acceptors (Lipinski definition) is 1. The Kier molecular flexibility index (Phi) is 4.26. The zero-order valence-corrected chi connectivity index (χ0v) is 10.6. The molecule has 0 fully saturated rings. The van der Waals surface area contributed by atoms with Gasteiger partial charge in [-0.1, -0.05) is 17.7 Å². The minimum Gasteiger partial charge on any atom is -0.322 e. The van der Waals surface area contributed by atoms with Crippen LogP contribution < -0.4 is 10.3 Å². The number of halogens is 2. The minimum absolute atomic E-state index is 0.195. The smallest absolute Gasteiger partial charge is 0.248 e. The van der Waals surface area contributed by atoms with Gasteiger partial charge in [-0.25, -0.2) is 9.37 Å². The molecule has 0 unspecified atom stereocenters. The van der Waals surface area contributed by atoms with E-state index >= 15 is 0 Å². The Morgan fingerprint density at radius 1 is 1.26 bits per heavy atom. The van der Waals surface area contributed by atoms with Gasteiger partial charge in [-0.2, -0.15) is 0 Å². The lowest BCUT2D eigenvalue weighted by molar-refractivity contribution is -0.377. The van der Waals surface area contributed by atoms with Crippen molar-refractivity contribution in [3.8, 4) is 0 Å². The number of nitrogens with one attached hydrogen (secondary N) is 2. The van der Waals surface area contributed by atoms with Crippen molar-refractivity contribution in [3.63, 3.8) is 0 Å². The van der Waals surface area contributed by atoms with Crippen LogP contribution >= 0.6 is 11.6 Å². The Hall–Kier alpha value is -2.20. The second-order valence-electron chi connectivity index (χ2n) is 3.75. The van der Waals surface area contributed by atoms with Crippen molar-refractivity contribution in [2.45, 2.75) is 0 Å². The molecule has 0 aliphatic rings. The fourth-order valence-corrected chi connectivity index (χ4v) is 1.71. The van der Waals surface area contributed by atoms with E-state index in [2.05, 4.69) is 10.3 Å². The number of anilines is 1. The average molecular weight is 278 g/mol. The third kappa shape index (κ3) is 3.63. The van der Waals surface area contributed by atoms with E-state index in [1.165, 1.54) is 24.3 Å². The van der Waals surface area contributed by atoms with Crippen LogP contribution in [0, 0.1) is 5.82 Å². The van der Waals surface area contributed by atoms with Crippen LogP contribution in [0.2, 0.25) is 5.02 Å². The van der Waals surface area contributed by atoms with E-state index in [1.54, 1.807) is 30.6 Å². The van der Waals surface area contributed by atoms with Gasteiger partial charge in [-0.05, 0) is 18.2 Å². The number of hydrogen-bond donors (Lipinski definition) is 1. The molecule has 0 radical (unpaired) electrons. The summed E-state index contributed by atoms with van der Waals surface area (Å²) >= 11 is 5.85. The number of carbonyl (C=O) groups is 1. The summed E-state index contributed by atoms with van der Waals surface area (Å²) in [6, 6.07) is 7.78. The second kappa shape index (κ2) is 6.11. The van der Waals surface area contributed by atoms with E-state index in [0.29, 0.717) is 5.69 Å². The van der Waals surface area contributed by atoms with Crippen molar-refractivity contribution in [1.29, 1.82) is 0 Å². The summed E-state index contributed by atoms with van der Waals surface area (Å²) in [5.74, 6) is -0.823. The molecule has 1 aromatic carbocycles. The van der Waals surface area contributed by atoms with Crippen LogP contribution in [0.25, 0.3) is 6.08 Å². The fraction of sp³-hybridized carbons (Fsp3) is 0. The first-order valence-electron chi connectivity index (χ1n) is 5.56. The van der Waals surface area contributed by atoms with E-state index in [0.717, 1.165) is 0 Å². The van der Waals surface area contributed by atoms with E-state index < -0.39 is 5.82 Å². The normalized spacial score (nSPS) is 10.6. The number of rotatable bonds is 3. The van der Waals surface area contributed by atoms with Crippen molar-refractivity contribution in [1.82, 2.24) is 0 Å². The molecule has 0 aliphatic carbocycles. The number of benzene rings is 1. The molecule has 0 spiro atoms. The van der Waals surface area contributed by atoms with Crippen molar-refractivity contribution >= 4 is 29.3 Å². The van der Waals surface area contributed by atoms with Crippen LogP contribution in [0.1, 0.15) is 5.56 Å². The number of carbonyl (C=O) groups excluding carboxylic acids is 1. The van der Waals surface area contributed by atoms with Crippen LogP contribution in [0.5, 0.6) is 0 Å². The molecule has 0 saturated carbocycles.